The van der Waals surface area contributed by atoms with E-state index in [4.69, 9.17) is 23.2 Å². The van der Waals surface area contributed by atoms with Gasteiger partial charge in [0.05, 0.1) is 23.1 Å². The first kappa shape index (κ1) is 20.0. The minimum Gasteiger partial charge on any atom is -0.352 e. The van der Waals surface area contributed by atoms with Crippen LogP contribution in [0.4, 0.5) is 5.69 Å². The second-order valence-corrected chi connectivity index (χ2v) is 7.60. The Kier molecular flexibility index (Phi) is 7.54. The lowest BCUT2D eigenvalue weighted by atomic mass is 9.86. The number of hydrogen-bond acceptors (Lipinski definition) is 3. The van der Waals surface area contributed by atoms with E-state index in [1.165, 1.54) is 6.42 Å². The van der Waals surface area contributed by atoms with Gasteiger partial charge in [0, 0.05) is 11.7 Å². The Morgan fingerprint density at radius 3 is 2.48 bits per heavy atom. The molecular formula is C18H25Cl2N3O2. The van der Waals surface area contributed by atoms with Gasteiger partial charge in [0.25, 0.3) is 0 Å². The van der Waals surface area contributed by atoms with Gasteiger partial charge < -0.3 is 10.6 Å². The van der Waals surface area contributed by atoms with Crippen LogP contribution < -0.4 is 10.6 Å². The van der Waals surface area contributed by atoms with Gasteiger partial charge in [0.15, 0.2) is 0 Å². The van der Waals surface area contributed by atoms with Gasteiger partial charge in [-0.1, -0.05) is 43.0 Å². The molecule has 5 nitrogen and oxygen atoms in total. The van der Waals surface area contributed by atoms with Crippen molar-refractivity contribution in [3.8, 4) is 0 Å². The van der Waals surface area contributed by atoms with Crippen LogP contribution in [0.15, 0.2) is 18.2 Å². The van der Waals surface area contributed by atoms with Gasteiger partial charge in [-0.2, -0.15) is 0 Å². The molecule has 7 heteroatoms. The topological polar surface area (TPSA) is 61.4 Å². The van der Waals surface area contributed by atoms with Crippen molar-refractivity contribution in [2.75, 3.05) is 25.5 Å². The molecule has 2 amide bonds. The Labute approximate surface area is 159 Å². The number of hydrogen-bond donors (Lipinski definition) is 2. The minimum atomic E-state index is -0.209. The number of anilines is 1. The molecule has 1 aliphatic rings. The summed E-state index contributed by atoms with van der Waals surface area (Å²) in [5.41, 5.74) is 0.577. The molecule has 1 fully saturated rings. The lowest BCUT2D eigenvalue weighted by molar-refractivity contribution is -0.124. The van der Waals surface area contributed by atoms with E-state index in [9.17, 15) is 9.59 Å². The second-order valence-electron chi connectivity index (χ2n) is 6.79. The number of halogens is 2. The van der Waals surface area contributed by atoms with E-state index < -0.39 is 0 Å². The van der Waals surface area contributed by atoms with Crippen molar-refractivity contribution in [3.63, 3.8) is 0 Å². The molecule has 0 heterocycles. The molecule has 0 unspecified atom stereocenters. The van der Waals surface area contributed by atoms with Crippen LogP contribution in [0.25, 0.3) is 0 Å². The predicted molar refractivity (Wildman–Crippen MR) is 102 cm³/mol. The summed E-state index contributed by atoms with van der Waals surface area (Å²) in [6.07, 6.45) is 4.60. The highest BCUT2D eigenvalue weighted by molar-refractivity contribution is 6.42. The van der Waals surface area contributed by atoms with E-state index in [1.54, 1.807) is 30.1 Å². The molecule has 1 aromatic rings. The minimum absolute atomic E-state index is 0.0383. The molecule has 0 spiro atoms. The summed E-state index contributed by atoms with van der Waals surface area (Å²) in [6.45, 7) is 2.49. The first-order valence-electron chi connectivity index (χ1n) is 8.58. The molecule has 2 rings (SSSR count). The summed E-state index contributed by atoms with van der Waals surface area (Å²) in [5.74, 6) is 0.268. The Morgan fingerprint density at radius 2 is 1.80 bits per heavy atom. The highest BCUT2D eigenvalue weighted by Gasteiger charge is 2.23. The van der Waals surface area contributed by atoms with Gasteiger partial charge in [-0.05, 0) is 44.0 Å². The molecule has 0 radical (unpaired) electrons. The third-order valence-corrected chi connectivity index (χ3v) is 5.23. The number of nitrogens with one attached hydrogen (secondary N) is 2. The van der Waals surface area contributed by atoms with Crippen molar-refractivity contribution in [2.45, 2.75) is 38.6 Å². The zero-order valence-corrected chi connectivity index (χ0v) is 16.2. The predicted octanol–water partition coefficient (Wildman–Crippen LogP) is 3.56. The lowest BCUT2D eigenvalue weighted by Crippen LogP contribution is -2.46. The summed E-state index contributed by atoms with van der Waals surface area (Å²) in [5, 5.41) is 6.66. The van der Waals surface area contributed by atoms with E-state index >= 15 is 0 Å². The maximum absolute atomic E-state index is 12.2. The van der Waals surface area contributed by atoms with Crippen LogP contribution in [0.2, 0.25) is 10.0 Å². The zero-order chi connectivity index (χ0) is 18.4. The van der Waals surface area contributed by atoms with E-state index in [-0.39, 0.29) is 30.9 Å². The second kappa shape index (κ2) is 9.41. The van der Waals surface area contributed by atoms with E-state index in [2.05, 4.69) is 17.6 Å². The van der Waals surface area contributed by atoms with Crippen LogP contribution in [-0.4, -0.2) is 42.9 Å². The fourth-order valence-corrected chi connectivity index (χ4v) is 3.40. The quantitative estimate of drug-likeness (QED) is 0.786. The number of benzene rings is 1. The smallest absolute Gasteiger partial charge is 0.238 e. The molecule has 1 saturated carbocycles. The van der Waals surface area contributed by atoms with Gasteiger partial charge in [-0.15, -0.1) is 0 Å². The van der Waals surface area contributed by atoms with Crippen molar-refractivity contribution in [2.24, 2.45) is 5.92 Å². The molecular weight excluding hydrogens is 361 g/mol. The number of likely N-dealkylation sites (N-methyl/N-ethyl adjacent to an activating group) is 1. The molecule has 1 aliphatic carbocycles. The van der Waals surface area contributed by atoms with E-state index in [0.29, 0.717) is 21.7 Å². The Morgan fingerprint density at radius 1 is 1.12 bits per heavy atom. The first-order chi connectivity index (χ1) is 11.8. The molecule has 25 heavy (non-hydrogen) atoms. The summed E-state index contributed by atoms with van der Waals surface area (Å²) in [4.78, 5) is 25.9. The van der Waals surface area contributed by atoms with Crippen molar-refractivity contribution in [1.82, 2.24) is 10.2 Å². The maximum atomic E-state index is 12.2. The summed E-state index contributed by atoms with van der Waals surface area (Å²) in [7, 11) is 1.75. The maximum Gasteiger partial charge on any atom is 0.238 e. The Hall–Kier alpha value is -1.30. The number of carbonyl (C=O) groups excluding carboxylic acids is 2. The zero-order valence-electron chi connectivity index (χ0n) is 14.6. The van der Waals surface area contributed by atoms with Crippen LogP contribution in [0.5, 0.6) is 0 Å². The summed E-state index contributed by atoms with van der Waals surface area (Å²) < 4.78 is 0. The highest BCUT2D eigenvalue weighted by Crippen LogP contribution is 2.25. The summed E-state index contributed by atoms with van der Waals surface area (Å²) >= 11 is 11.8. The van der Waals surface area contributed by atoms with Crippen LogP contribution in [0.3, 0.4) is 0 Å². The van der Waals surface area contributed by atoms with Gasteiger partial charge >= 0.3 is 0 Å². The number of amides is 2. The fourth-order valence-electron chi connectivity index (χ4n) is 3.10. The molecule has 0 saturated heterocycles. The van der Waals surface area contributed by atoms with Gasteiger partial charge in [-0.25, -0.2) is 0 Å². The van der Waals surface area contributed by atoms with Crippen LogP contribution in [0, 0.1) is 5.92 Å². The van der Waals surface area contributed by atoms with Gasteiger partial charge in [-0.3, -0.25) is 14.5 Å². The molecule has 0 aromatic heterocycles. The first-order valence-corrected chi connectivity index (χ1v) is 9.33. The molecule has 0 aliphatic heterocycles. The molecule has 2 N–H and O–H groups in total. The standard InChI is InChI=1S/C18H25Cl2N3O2/c1-12-5-3-4-6-16(12)22-18(25)11-23(2)10-17(24)21-13-7-8-14(19)15(20)9-13/h7-9,12,16H,3-6,10-11H2,1-2H3,(H,21,24)(H,22,25)/t12-,16+/m0/s1. The SMILES string of the molecule is C[C@H]1CCCC[C@H]1NC(=O)CN(C)CC(=O)Nc1ccc(Cl)c(Cl)c1. The molecule has 138 valence electrons. The fraction of sp³-hybridized carbons (Fsp3) is 0.556. The van der Waals surface area contributed by atoms with Gasteiger partial charge in [0.2, 0.25) is 11.8 Å². The molecule has 0 bridgehead atoms. The van der Waals surface area contributed by atoms with Crippen LogP contribution in [0.1, 0.15) is 32.6 Å². The largest absolute Gasteiger partial charge is 0.352 e. The van der Waals surface area contributed by atoms with Crippen molar-refractivity contribution in [3.05, 3.63) is 28.2 Å². The average molecular weight is 386 g/mol. The highest BCUT2D eigenvalue weighted by atomic mass is 35.5. The Bertz CT molecular complexity index is 624. The summed E-state index contributed by atoms with van der Waals surface area (Å²) in [6, 6.07) is 5.16. The molecule has 1 aromatic carbocycles. The van der Waals surface area contributed by atoms with Crippen LogP contribution in [-0.2, 0) is 9.59 Å². The number of nitrogens with zero attached hydrogens (tertiary/aromatic N) is 1. The normalized spacial score (nSPS) is 20.4. The number of carbonyl (C=O) groups is 2. The Balaban J connectivity index is 1.76. The van der Waals surface area contributed by atoms with Crippen molar-refractivity contribution >= 4 is 40.7 Å². The van der Waals surface area contributed by atoms with Crippen molar-refractivity contribution in [1.29, 1.82) is 0 Å². The third-order valence-electron chi connectivity index (χ3n) is 4.49. The van der Waals surface area contributed by atoms with E-state index in [0.717, 1.165) is 19.3 Å². The van der Waals surface area contributed by atoms with E-state index in [1.807, 2.05) is 0 Å². The van der Waals surface area contributed by atoms with Gasteiger partial charge in [0.1, 0.15) is 0 Å². The molecule has 2 atom stereocenters. The lowest BCUT2D eigenvalue weighted by Gasteiger charge is -2.30. The van der Waals surface area contributed by atoms with Crippen molar-refractivity contribution < 1.29 is 9.59 Å². The van der Waals surface area contributed by atoms with Crippen LogP contribution >= 0.6 is 23.2 Å². The average Bonchev–Trinajstić information content (AvgIpc) is 2.52. The third kappa shape index (κ3) is 6.49. The monoisotopic (exact) mass is 385 g/mol. The number of rotatable bonds is 6.